The van der Waals surface area contributed by atoms with Gasteiger partial charge >= 0.3 is 5.97 Å². The van der Waals surface area contributed by atoms with Gasteiger partial charge in [0.05, 0.1) is 0 Å². The predicted octanol–water partition coefficient (Wildman–Crippen LogP) is 1.92. The molecule has 3 heteroatoms. The van der Waals surface area contributed by atoms with Crippen LogP contribution in [0.15, 0.2) is 12.7 Å². The molecule has 11 heavy (non-hydrogen) atoms. The molecular weight excluding hydrogens is 142 g/mol. The molecule has 3 nitrogen and oxygen atoms in total. The van der Waals surface area contributed by atoms with Crippen molar-refractivity contribution < 1.29 is 9.53 Å². The van der Waals surface area contributed by atoms with Crippen molar-refractivity contribution in [2.75, 3.05) is 0 Å². The van der Waals surface area contributed by atoms with Gasteiger partial charge in [-0.05, 0) is 12.8 Å². The molecule has 0 bridgehead atoms. The van der Waals surface area contributed by atoms with Crippen LogP contribution < -0.4 is 6.15 Å². The Bertz CT molecular complexity index is 132. The molecule has 1 atom stereocenters. The molecule has 3 N–H and O–H groups in total. The highest BCUT2D eigenvalue weighted by Crippen LogP contribution is 2.04. The van der Waals surface area contributed by atoms with Gasteiger partial charge in [0, 0.05) is 6.08 Å². The second kappa shape index (κ2) is 5.92. The minimum Gasteiger partial charge on any atom is -0.459 e. The van der Waals surface area contributed by atoms with E-state index in [4.69, 9.17) is 4.74 Å². The Morgan fingerprint density at radius 3 is 2.18 bits per heavy atom. The minimum atomic E-state index is -0.346. The first-order chi connectivity index (χ1) is 4.57. The summed E-state index contributed by atoms with van der Waals surface area (Å²) in [6.07, 6.45) is 1.16. The summed E-state index contributed by atoms with van der Waals surface area (Å²) in [7, 11) is 0. The van der Waals surface area contributed by atoms with E-state index in [1.807, 2.05) is 20.8 Å². The molecule has 0 aromatic heterocycles. The second-order valence-electron chi connectivity index (χ2n) is 2.59. The molecule has 0 saturated carbocycles. The molecule has 0 rings (SSSR count). The van der Waals surface area contributed by atoms with Crippen molar-refractivity contribution >= 4 is 5.97 Å². The zero-order chi connectivity index (χ0) is 8.15. The molecule has 0 aliphatic carbocycles. The topological polar surface area (TPSA) is 61.3 Å². The van der Waals surface area contributed by atoms with Crippen molar-refractivity contribution in [2.24, 2.45) is 5.92 Å². The van der Waals surface area contributed by atoms with E-state index in [0.717, 1.165) is 0 Å². The highest BCUT2D eigenvalue weighted by Gasteiger charge is 2.09. The Hall–Kier alpha value is -0.830. The minimum absolute atomic E-state index is 0. The highest BCUT2D eigenvalue weighted by molar-refractivity contribution is 5.81. The summed E-state index contributed by atoms with van der Waals surface area (Å²) < 4.78 is 4.90. The number of hydrogen-bond acceptors (Lipinski definition) is 3. The number of carbonyl (C=O) groups excluding carboxylic acids is 1. The van der Waals surface area contributed by atoms with Crippen LogP contribution in [0.1, 0.15) is 20.8 Å². The van der Waals surface area contributed by atoms with E-state index in [-0.39, 0.29) is 18.2 Å². The van der Waals surface area contributed by atoms with Crippen LogP contribution in [0.3, 0.4) is 0 Å². The lowest BCUT2D eigenvalue weighted by Gasteiger charge is -2.14. The Morgan fingerprint density at radius 1 is 1.45 bits per heavy atom. The van der Waals surface area contributed by atoms with Crippen LogP contribution in [0, 0.1) is 5.92 Å². The normalized spacial score (nSPS) is 11.6. The molecule has 0 amide bonds. The molecule has 0 aliphatic heterocycles. The van der Waals surface area contributed by atoms with E-state index in [9.17, 15) is 4.79 Å². The second-order valence-corrected chi connectivity index (χ2v) is 2.59. The number of hydrogen-bond donors (Lipinski definition) is 1. The van der Waals surface area contributed by atoms with E-state index in [1.165, 1.54) is 6.08 Å². The first-order valence-corrected chi connectivity index (χ1v) is 3.41. The quantitative estimate of drug-likeness (QED) is 0.505. The average molecular weight is 159 g/mol. The van der Waals surface area contributed by atoms with Gasteiger partial charge in [0.25, 0.3) is 0 Å². The molecule has 0 aromatic carbocycles. The van der Waals surface area contributed by atoms with Crippen molar-refractivity contribution in [3.63, 3.8) is 0 Å². The van der Waals surface area contributed by atoms with Gasteiger partial charge in [-0.1, -0.05) is 20.4 Å². The van der Waals surface area contributed by atoms with Crippen LogP contribution in [0.2, 0.25) is 0 Å². The molecule has 0 spiro atoms. The number of esters is 1. The molecule has 0 saturated heterocycles. The summed E-state index contributed by atoms with van der Waals surface area (Å²) in [5.41, 5.74) is 0. The monoisotopic (exact) mass is 159 g/mol. The van der Waals surface area contributed by atoms with Crippen molar-refractivity contribution in [1.29, 1.82) is 0 Å². The Labute approximate surface area is 68.0 Å². The largest absolute Gasteiger partial charge is 0.459 e. The maximum atomic E-state index is 10.6. The van der Waals surface area contributed by atoms with Gasteiger partial charge < -0.3 is 10.9 Å². The maximum Gasteiger partial charge on any atom is 0.330 e. The Balaban J connectivity index is 0. The number of rotatable bonds is 3. The van der Waals surface area contributed by atoms with E-state index in [2.05, 4.69) is 6.58 Å². The lowest BCUT2D eigenvalue weighted by atomic mass is 10.1. The third-order valence-corrected chi connectivity index (χ3v) is 1.41. The first kappa shape index (κ1) is 12.8. The van der Waals surface area contributed by atoms with Crippen LogP contribution in [0.5, 0.6) is 0 Å². The fraction of sp³-hybridized carbons (Fsp3) is 0.625. The third-order valence-electron chi connectivity index (χ3n) is 1.41. The average Bonchev–Trinajstić information content (AvgIpc) is 1.87. The smallest absolute Gasteiger partial charge is 0.330 e. The van der Waals surface area contributed by atoms with Crippen LogP contribution in [0.4, 0.5) is 0 Å². The molecule has 0 aromatic rings. The van der Waals surface area contributed by atoms with Crippen LogP contribution >= 0.6 is 0 Å². The molecule has 66 valence electrons. The lowest BCUT2D eigenvalue weighted by Crippen LogP contribution is -2.18. The molecule has 0 fully saturated rings. The van der Waals surface area contributed by atoms with Crippen molar-refractivity contribution in [3.8, 4) is 0 Å². The van der Waals surface area contributed by atoms with Gasteiger partial charge in [0.2, 0.25) is 0 Å². The summed E-state index contributed by atoms with van der Waals surface area (Å²) in [4.78, 5) is 10.6. The molecule has 0 radical (unpaired) electrons. The molecular formula is C8H17NO2. The van der Waals surface area contributed by atoms with Gasteiger partial charge in [-0.3, -0.25) is 0 Å². The Morgan fingerprint density at radius 2 is 1.91 bits per heavy atom. The van der Waals surface area contributed by atoms with Gasteiger partial charge in [0.1, 0.15) is 6.10 Å². The number of carbonyl (C=O) groups is 1. The van der Waals surface area contributed by atoms with Crippen LogP contribution in [-0.4, -0.2) is 12.1 Å². The lowest BCUT2D eigenvalue weighted by molar-refractivity contribution is -0.144. The van der Waals surface area contributed by atoms with Gasteiger partial charge in [-0.15, -0.1) is 0 Å². The molecule has 1 unspecified atom stereocenters. The van der Waals surface area contributed by atoms with Gasteiger partial charge in [-0.25, -0.2) is 4.79 Å². The van der Waals surface area contributed by atoms with Crippen LogP contribution in [-0.2, 0) is 9.53 Å². The summed E-state index contributed by atoms with van der Waals surface area (Å²) >= 11 is 0. The zero-order valence-corrected chi connectivity index (χ0v) is 7.46. The molecule has 0 heterocycles. The summed E-state index contributed by atoms with van der Waals surface area (Å²) in [6.45, 7) is 9.17. The van der Waals surface area contributed by atoms with E-state index < -0.39 is 0 Å². The third kappa shape index (κ3) is 5.61. The van der Waals surface area contributed by atoms with Crippen LogP contribution in [0.25, 0.3) is 0 Å². The van der Waals surface area contributed by atoms with Crippen molar-refractivity contribution in [3.05, 3.63) is 12.7 Å². The van der Waals surface area contributed by atoms with E-state index >= 15 is 0 Å². The molecule has 0 aliphatic rings. The highest BCUT2D eigenvalue weighted by atomic mass is 16.5. The van der Waals surface area contributed by atoms with E-state index in [0.29, 0.717) is 5.92 Å². The summed E-state index contributed by atoms with van der Waals surface area (Å²) in [5.74, 6) is 0.0186. The summed E-state index contributed by atoms with van der Waals surface area (Å²) in [6, 6.07) is 0. The van der Waals surface area contributed by atoms with Gasteiger partial charge in [-0.2, -0.15) is 0 Å². The summed E-state index contributed by atoms with van der Waals surface area (Å²) in [5, 5.41) is 0. The van der Waals surface area contributed by atoms with E-state index in [1.54, 1.807) is 0 Å². The zero-order valence-electron chi connectivity index (χ0n) is 7.46. The predicted molar refractivity (Wildman–Crippen MR) is 45.6 cm³/mol. The first-order valence-electron chi connectivity index (χ1n) is 3.41. The van der Waals surface area contributed by atoms with Crippen molar-refractivity contribution in [2.45, 2.75) is 26.9 Å². The fourth-order valence-corrected chi connectivity index (χ4v) is 0.367. The maximum absolute atomic E-state index is 10.6. The number of ether oxygens (including phenoxy) is 1. The van der Waals surface area contributed by atoms with Gasteiger partial charge in [0.15, 0.2) is 0 Å². The SMILES string of the molecule is C=CC(=O)OC(C)C(C)C.N. The fourth-order valence-electron chi connectivity index (χ4n) is 0.367. The standard InChI is InChI=1S/C8H14O2.H3N/c1-5-8(9)10-7(4)6(2)3;/h5-7H,1H2,2-4H3;1H3. The van der Waals surface area contributed by atoms with Crippen molar-refractivity contribution in [1.82, 2.24) is 6.15 Å². The Kier molecular flexibility index (Phi) is 6.89.